The summed E-state index contributed by atoms with van der Waals surface area (Å²) in [5, 5.41) is 24.0. The molecule has 2 fully saturated rings. The highest BCUT2D eigenvalue weighted by molar-refractivity contribution is 6.00. The highest BCUT2D eigenvalue weighted by Crippen LogP contribution is 2.40. The molecule has 4 aromatic rings. The molecular weight excluding hydrogens is 453 g/mol. The molecule has 1 aliphatic heterocycles. The standard InChI is InChI=1S/C23H24FN9O2/c1-23(20(35)26-14-6-7-17(24)25-11-14)10-15(34)12-33(23)22-28-19-3-2-8-32(19)21(29-22)27-18-9-16(30-31-18)13-4-5-13/h2-3,6-9,11,13,15,34H,4-5,10,12H2,1H3,(H,26,35)(H2,27,28,29,30,31)/t15-,23-/m0/s1. The van der Waals surface area contributed by atoms with Crippen LogP contribution in [0.25, 0.3) is 5.65 Å². The number of nitrogens with one attached hydrogen (secondary N) is 3. The van der Waals surface area contributed by atoms with Gasteiger partial charge in [-0.2, -0.15) is 19.5 Å². The molecule has 0 bridgehead atoms. The SMILES string of the molecule is C[C@@]1(C(=O)Nc2ccc(F)nc2)C[C@H](O)CN1c1nc(Nc2cc(C3CC3)[nH]n2)n2cccc2n1. The molecule has 1 amide bonds. The molecule has 11 nitrogen and oxygen atoms in total. The molecule has 35 heavy (non-hydrogen) atoms. The Morgan fingerprint density at radius 2 is 2.14 bits per heavy atom. The van der Waals surface area contributed by atoms with Crippen LogP contribution in [-0.2, 0) is 4.79 Å². The number of nitrogens with zero attached hydrogens (tertiary/aromatic N) is 6. The Labute approximate surface area is 199 Å². The Balaban J connectivity index is 1.33. The molecule has 1 aliphatic carbocycles. The molecule has 180 valence electrons. The molecular formula is C23H24FN9O2. The summed E-state index contributed by atoms with van der Waals surface area (Å²) in [6.45, 7) is 1.90. The number of rotatable bonds is 6. The van der Waals surface area contributed by atoms with Crippen molar-refractivity contribution in [2.45, 2.75) is 43.7 Å². The summed E-state index contributed by atoms with van der Waals surface area (Å²) in [6, 6.07) is 8.27. The minimum absolute atomic E-state index is 0.176. The lowest BCUT2D eigenvalue weighted by Gasteiger charge is -2.33. The average molecular weight is 478 g/mol. The van der Waals surface area contributed by atoms with Gasteiger partial charge >= 0.3 is 0 Å². The van der Waals surface area contributed by atoms with Crippen molar-refractivity contribution in [1.29, 1.82) is 0 Å². The van der Waals surface area contributed by atoms with E-state index < -0.39 is 17.6 Å². The van der Waals surface area contributed by atoms with Crippen LogP contribution in [0.3, 0.4) is 0 Å². The first kappa shape index (κ1) is 21.5. The van der Waals surface area contributed by atoms with E-state index in [9.17, 15) is 14.3 Å². The number of β-amino-alcohol motifs (C(OH)–C–C–N with tert-alkyl or cyclic N) is 1. The second-order valence-electron chi connectivity index (χ2n) is 9.26. The Morgan fingerprint density at radius 3 is 2.91 bits per heavy atom. The van der Waals surface area contributed by atoms with Gasteiger partial charge in [0, 0.05) is 36.8 Å². The van der Waals surface area contributed by atoms with Gasteiger partial charge in [0.1, 0.15) is 11.2 Å². The van der Waals surface area contributed by atoms with Gasteiger partial charge in [-0.05, 0) is 44.0 Å². The van der Waals surface area contributed by atoms with Crippen molar-refractivity contribution in [3.05, 3.63) is 54.4 Å². The van der Waals surface area contributed by atoms with Crippen molar-refractivity contribution in [3.63, 3.8) is 0 Å². The van der Waals surface area contributed by atoms with Gasteiger partial charge < -0.3 is 20.6 Å². The van der Waals surface area contributed by atoms with E-state index in [0.717, 1.165) is 18.5 Å². The van der Waals surface area contributed by atoms with Gasteiger partial charge in [-0.25, -0.2) is 4.98 Å². The van der Waals surface area contributed by atoms with E-state index in [1.165, 1.54) is 18.3 Å². The monoisotopic (exact) mass is 477 g/mol. The second kappa shape index (κ2) is 8.01. The number of fused-ring (bicyclic) bond motifs is 1. The number of hydrogen-bond acceptors (Lipinski definition) is 8. The summed E-state index contributed by atoms with van der Waals surface area (Å²) in [6.07, 6.45) is 4.82. The maximum Gasteiger partial charge on any atom is 0.250 e. The van der Waals surface area contributed by atoms with Gasteiger partial charge in [0.15, 0.2) is 5.82 Å². The van der Waals surface area contributed by atoms with Crippen LogP contribution in [0, 0.1) is 5.95 Å². The van der Waals surface area contributed by atoms with Crippen molar-refractivity contribution in [2.75, 3.05) is 22.1 Å². The molecule has 5 heterocycles. The Kier molecular flexibility index (Phi) is 4.92. The lowest BCUT2D eigenvalue weighted by atomic mass is 9.97. The highest BCUT2D eigenvalue weighted by Gasteiger charge is 2.48. The Bertz CT molecular complexity index is 1400. The van der Waals surface area contributed by atoms with Gasteiger partial charge in [0.25, 0.3) is 0 Å². The molecule has 4 aromatic heterocycles. The first-order chi connectivity index (χ1) is 16.9. The maximum absolute atomic E-state index is 13.3. The van der Waals surface area contributed by atoms with Gasteiger partial charge in [0.05, 0.1) is 18.0 Å². The molecule has 0 spiro atoms. The molecule has 2 atom stereocenters. The fraction of sp³-hybridized carbons (Fsp3) is 0.348. The van der Waals surface area contributed by atoms with Crippen LogP contribution in [0.5, 0.6) is 0 Å². The molecule has 0 aromatic carbocycles. The fourth-order valence-electron chi connectivity index (χ4n) is 4.52. The highest BCUT2D eigenvalue weighted by atomic mass is 19.1. The van der Waals surface area contributed by atoms with Crippen LogP contribution < -0.4 is 15.5 Å². The first-order valence-corrected chi connectivity index (χ1v) is 11.5. The Morgan fingerprint density at radius 1 is 1.29 bits per heavy atom. The van der Waals surface area contributed by atoms with Gasteiger partial charge in [0.2, 0.25) is 23.8 Å². The number of aliphatic hydroxyl groups is 1. The summed E-state index contributed by atoms with van der Waals surface area (Å²) in [4.78, 5) is 28.0. The number of amides is 1. The predicted molar refractivity (Wildman–Crippen MR) is 126 cm³/mol. The van der Waals surface area contributed by atoms with Crippen LogP contribution in [0.15, 0.2) is 42.7 Å². The molecule has 1 saturated carbocycles. The van der Waals surface area contributed by atoms with Crippen LogP contribution in [0.1, 0.15) is 37.8 Å². The largest absolute Gasteiger partial charge is 0.391 e. The zero-order valence-corrected chi connectivity index (χ0v) is 18.9. The number of H-pyrrole nitrogens is 1. The molecule has 4 N–H and O–H groups in total. The van der Waals surface area contributed by atoms with E-state index in [1.54, 1.807) is 16.2 Å². The van der Waals surface area contributed by atoms with Gasteiger partial charge in [-0.3, -0.25) is 14.3 Å². The van der Waals surface area contributed by atoms with E-state index in [-0.39, 0.29) is 18.9 Å². The normalized spacial score (nSPS) is 22.0. The van der Waals surface area contributed by atoms with Crippen molar-refractivity contribution < 1.29 is 14.3 Å². The second-order valence-corrected chi connectivity index (χ2v) is 9.26. The van der Waals surface area contributed by atoms with Gasteiger partial charge in [-0.15, -0.1) is 0 Å². The third-order valence-corrected chi connectivity index (χ3v) is 6.57. The first-order valence-electron chi connectivity index (χ1n) is 11.5. The van der Waals surface area contributed by atoms with Gasteiger partial charge in [-0.1, -0.05) is 0 Å². The van der Waals surface area contributed by atoms with Crippen LogP contribution in [-0.4, -0.2) is 58.8 Å². The zero-order valence-electron chi connectivity index (χ0n) is 18.9. The summed E-state index contributed by atoms with van der Waals surface area (Å²) in [5.41, 5.74) is 0.922. The third-order valence-electron chi connectivity index (χ3n) is 6.57. The number of aliphatic hydroxyl groups excluding tert-OH is 1. The van der Waals surface area contributed by atoms with Crippen LogP contribution in [0.4, 0.5) is 27.8 Å². The fourth-order valence-corrected chi connectivity index (χ4v) is 4.52. The lowest BCUT2D eigenvalue weighted by molar-refractivity contribution is -0.120. The summed E-state index contributed by atoms with van der Waals surface area (Å²) in [5.74, 6) is 0.933. The minimum Gasteiger partial charge on any atom is -0.391 e. The van der Waals surface area contributed by atoms with E-state index in [1.807, 2.05) is 24.4 Å². The van der Waals surface area contributed by atoms with E-state index in [2.05, 4.69) is 30.8 Å². The smallest absolute Gasteiger partial charge is 0.250 e. The Hall–Kier alpha value is -4.06. The number of anilines is 4. The number of aromatic nitrogens is 6. The van der Waals surface area contributed by atoms with Crippen LogP contribution >= 0.6 is 0 Å². The number of aromatic amines is 1. The number of halogens is 1. The molecule has 2 aliphatic rings. The topological polar surface area (TPSA) is 136 Å². The molecule has 12 heteroatoms. The minimum atomic E-state index is -1.15. The molecule has 0 radical (unpaired) electrons. The predicted octanol–water partition coefficient (Wildman–Crippen LogP) is 2.58. The molecule has 6 rings (SSSR count). The summed E-state index contributed by atoms with van der Waals surface area (Å²) in [7, 11) is 0. The maximum atomic E-state index is 13.3. The zero-order chi connectivity index (χ0) is 24.2. The summed E-state index contributed by atoms with van der Waals surface area (Å²) < 4.78 is 15.0. The van der Waals surface area contributed by atoms with Crippen molar-refractivity contribution in [2.24, 2.45) is 0 Å². The number of carbonyl (C=O) groups excluding carboxylic acids is 1. The van der Waals surface area contributed by atoms with Crippen LogP contribution in [0.2, 0.25) is 0 Å². The number of pyridine rings is 1. The van der Waals surface area contributed by atoms with E-state index in [0.29, 0.717) is 35.0 Å². The number of hydrogen-bond donors (Lipinski definition) is 4. The van der Waals surface area contributed by atoms with E-state index in [4.69, 9.17) is 4.98 Å². The third kappa shape index (κ3) is 3.95. The van der Waals surface area contributed by atoms with Crippen molar-refractivity contribution >= 4 is 35.0 Å². The van der Waals surface area contributed by atoms with Crippen molar-refractivity contribution in [1.82, 2.24) is 29.5 Å². The summed E-state index contributed by atoms with van der Waals surface area (Å²) >= 11 is 0. The lowest BCUT2D eigenvalue weighted by Crippen LogP contribution is -2.51. The van der Waals surface area contributed by atoms with E-state index >= 15 is 0 Å². The number of carbonyl (C=O) groups is 1. The molecule has 0 unspecified atom stereocenters. The average Bonchev–Trinajstić information content (AvgIpc) is 3.23. The quantitative estimate of drug-likeness (QED) is 0.311. The van der Waals surface area contributed by atoms with Crippen molar-refractivity contribution in [3.8, 4) is 0 Å². The molecule has 1 saturated heterocycles.